The Kier molecular flexibility index (Phi) is 5.62. The molecular formula is C19H20ClN3O3S. The molecule has 3 aromatic rings. The molecule has 0 spiro atoms. The molecule has 6 nitrogen and oxygen atoms in total. The summed E-state index contributed by atoms with van der Waals surface area (Å²) >= 11 is 7.01. The smallest absolute Gasteiger partial charge is 0.339 e. The first-order valence-electron chi connectivity index (χ1n) is 8.61. The normalized spacial score (nSPS) is 11.5. The lowest BCUT2D eigenvalue weighted by molar-refractivity contribution is 0.0477. The molecule has 0 bridgehead atoms. The van der Waals surface area contributed by atoms with E-state index in [1.165, 1.54) is 0 Å². The van der Waals surface area contributed by atoms with Crippen LogP contribution in [-0.4, -0.2) is 33.1 Å². The Labute approximate surface area is 166 Å². The van der Waals surface area contributed by atoms with Gasteiger partial charge in [-0.2, -0.15) is 5.10 Å². The first kappa shape index (κ1) is 19.5. The number of thiophene rings is 1. The van der Waals surface area contributed by atoms with Gasteiger partial charge in [-0.15, -0.1) is 11.3 Å². The summed E-state index contributed by atoms with van der Waals surface area (Å²) in [5.74, 6) is -0.720. The standard InChI is InChI=1S/C19H20ClN3O3S/c1-10(2)14-7-12(13-8-21-23(11(3)4)18(13)22-14)19(25)26-9-15(24)16-5-6-17(20)27-16/h5-8,10-11H,9H2,1-4H3. The summed E-state index contributed by atoms with van der Waals surface area (Å²) in [6.45, 7) is 7.67. The number of pyridine rings is 1. The number of esters is 1. The van der Waals surface area contributed by atoms with Crippen LogP contribution in [0.3, 0.4) is 0 Å². The van der Waals surface area contributed by atoms with Gasteiger partial charge in [0.2, 0.25) is 5.78 Å². The van der Waals surface area contributed by atoms with Gasteiger partial charge >= 0.3 is 5.97 Å². The minimum Gasteiger partial charge on any atom is -0.454 e. The third kappa shape index (κ3) is 4.04. The fraction of sp³-hybridized carbons (Fsp3) is 0.368. The van der Waals surface area contributed by atoms with Crippen molar-refractivity contribution < 1.29 is 14.3 Å². The number of carbonyl (C=O) groups excluding carboxylic acids is 2. The van der Waals surface area contributed by atoms with Crippen LogP contribution in [0.25, 0.3) is 11.0 Å². The van der Waals surface area contributed by atoms with Gasteiger partial charge in [0.05, 0.1) is 26.4 Å². The molecule has 3 heterocycles. The van der Waals surface area contributed by atoms with Crippen molar-refractivity contribution in [3.63, 3.8) is 0 Å². The molecule has 0 unspecified atom stereocenters. The number of Topliss-reactive ketones (excluding diaryl/α,β-unsaturated/α-hetero) is 1. The Hall–Kier alpha value is -2.25. The van der Waals surface area contributed by atoms with Crippen LogP contribution < -0.4 is 0 Å². The van der Waals surface area contributed by atoms with Gasteiger partial charge in [-0.3, -0.25) is 4.79 Å². The number of hydrogen-bond donors (Lipinski definition) is 0. The Morgan fingerprint density at radius 1 is 1.26 bits per heavy atom. The van der Waals surface area contributed by atoms with Gasteiger partial charge in [0.15, 0.2) is 12.3 Å². The largest absolute Gasteiger partial charge is 0.454 e. The molecule has 3 aromatic heterocycles. The van der Waals surface area contributed by atoms with Crippen LogP contribution in [0.4, 0.5) is 0 Å². The number of aromatic nitrogens is 3. The monoisotopic (exact) mass is 405 g/mol. The summed E-state index contributed by atoms with van der Waals surface area (Å²) in [6, 6.07) is 5.08. The van der Waals surface area contributed by atoms with Crippen LogP contribution in [0.2, 0.25) is 4.34 Å². The number of fused-ring (bicyclic) bond motifs is 1. The molecule has 0 aliphatic carbocycles. The highest BCUT2D eigenvalue weighted by Gasteiger charge is 2.21. The van der Waals surface area contributed by atoms with Gasteiger partial charge in [-0.1, -0.05) is 25.4 Å². The molecule has 0 radical (unpaired) electrons. The van der Waals surface area contributed by atoms with E-state index in [-0.39, 0.29) is 24.3 Å². The molecule has 8 heteroatoms. The summed E-state index contributed by atoms with van der Waals surface area (Å²) in [5.41, 5.74) is 1.78. The lowest BCUT2D eigenvalue weighted by Gasteiger charge is -2.12. The van der Waals surface area contributed by atoms with Crippen molar-refractivity contribution in [1.29, 1.82) is 0 Å². The van der Waals surface area contributed by atoms with E-state index in [2.05, 4.69) is 10.1 Å². The van der Waals surface area contributed by atoms with Gasteiger partial charge in [-0.25, -0.2) is 14.5 Å². The fourth-order valence-electron chi connectivity index (χ4n) is 2.62. The second kappa shape index (κ2) is 7.78. The zero-order valence-corrected chi connectivity index (χ0v) is 17.1. The molecule has 0 saturated carbocycles. The van der Waals surface area contributed by atoms with Crippen LogP contribution >= 0.6 is 22.9 Å². The zero-order valence-electron chi connectivity index (χ0n) is 15.5. The van der Waals surface area contributed by atoms with Crippen LogP contribution in [0.5, 0.6) is 0 Å². The second-order valence-electron chi connectivity index (χ2n) is 6.77. The molecule has 3 rings (SSSR count). The number of ketones is 1. The molecule has 0 aromatic carbocycles. The fourth-order valence-corrected chi connectivity index (χ4v) is 3.59. The highest BCUT2D eigenvalue weighted by Crippen LogP contribution is 2.25. The summed E-state index contributed by atoms with van der Waals surface area (Å²) in [4.78, 5) is 30.0. The van der Waals surface area contributed by atoms with Crippen molar-refractivity contribution >= 4 is 45.7 Å². The van der Waals surface area contributed by atoms with E-state index >= 15 is 0 Å². The van der Waals surface area contributed by atoms with Crippen molar-refractivity contribution in [3.05, 3.63) is 44.9 Å². The van der Waals surface area contributed by atoms with Gasteiger partial charge < -0.3 is 4.74 Å². The first-order valence-corrected chi connectivity index (χ1v) is 9.81. The SMILES string of the molecule is CC(C)c1cc(C(=O)OCC(=O)c2ccc(Cl)s2)c2cnn(C(C)C)c2n1. The van der Waals surface area contributed by atoms with Crippen molar-refractivity contribution in [2.75, 3.05) is 6.61 Å². The minimum atomic E-state index is -0.566. The summed E-state index contributed by atoms with van der Waals surface area (Å²) in [7, 11) is 0. The molecule has 0 fully saturated rings. The maximum atomic E-state index is 12.7. The lowest BCUT2D eigenvalue weighted by atomic mass is 10.1. The van der Waals surface area contributed by atoms with Gasteiger partial charge in [0.1, 0.15) is 0 Å². The highest BCUT2D eigenvalue weighted by molar-refractivity contribution is 7.18. The minimum absolute atomic E-state index is 0.103. The number of rotatable bonds is 6. The van der Waals surface area contributed by atoms with E-state index < -0.39 is 5.97 Å². The van der Waals surface area contributed by atoms with Crippen LogP contribution in [0, 0.1) is 0 Å². The van der Waals surface area contributed by atoms with E-state index in [0.717, 1.165) is 17.0 Å². The zero-order chi connectivity index (χ0) is 19.7. The molecule has 0 aliphatic rings. The number of ether oxygens (including phenoxy) is 1. The average molecular weight is 406 g/mol. The van der Waals surface area contributed by atoms with E-state index in [0.29, 0.717) is 25.8 Å². The molecule has 142 valence electrons. The quantitative estimate of drug-likeness (QED) is 0.431. The molecule has 27 heavy (non-hydrogen) atoms. The second-order valence-corrected chi connectivity index (χ2v) is 8.49. The molecule has 0 saturated heterocycles. The van der Waals surface area contributed by atoms with Crippen LogP contribution in [-0.2, 0) is 4.74 Å². The topological polar surface area (TPSA) is 74.1 Å². The van der Waals surface area contributed by atoms with E-state index in [9.17, 15) is 9.59 Å². The van der Waals surface area contributed by atoms with Gasteiger partial charge in [0, 0.05) is 11.7 Å². The third-order valence-corrected chi connectivity index (χ3v) is 5.34. The van der Waals surface area contributed by atoms with Crippen molar-refractivity contribution in [3.8, 4) is 0 Å². The number of hydrogen-bond acceptors (Lipinski definition) is 6. The maximum absolute atomic E-state index is 12.7. The van der Waals surface area contributed by atoms with Gasteiger partial charge in [0.25, 0.3) is 0 Å². The van der Waals surface area contributed by atoms with Crippen LogP contribution in [0.15, 0.2) is 24.4 Å². The van der Waals surface area contributed by atoms with Gasteiger partial charge in [-0.05, 0) is 38.0 Å². The lowest BCUT2D eigenvalue weighted by Crippen LogP contribution is -2.14. The van der Waals surface area contributed by atoms with Crippen molar-refractivity contribution in [1.82, 2.24) is 14.8 Å². The Balaban J connectivity index is 1.90. The highest BCUT2D eigenvalue weighted by atomic mass is 35.5. The van der Waals surface area contributed by atoms with Crippen LogP contribution in [0.1, 0.15) is 65.4 Å². The maximum Gasteiger partial charge on any atom is 0.339 e. The third-order valence-electron chi connectivity index (χ3n) is 4.07. The number of nitrogens with zero attached hydrogens (tertiary/aromatic N) is 3. The van der Waals surface area contributed by atoms with E-state index in [1.54, 1.807) is 29.1 Å². The molecule has 0 N–H and O–H groups in total. The number of carbonyl (C=O) groups is 2. The Morgan fingerprint density at radius 3 is 2.59 bits per heavy atom. The summed E-state index contributed by atoms with van der Waals surface area (Å²) in [6.07, 6.45) is 1.61. The molecule has 0 aliphatic heterocycles. The summed E-state index contributed by atoms with van der Waals surface area (Å²) in [5, 5.41) is 4.97. The van der Waals surface area contributed by atoms with Crippen molar-refractivity contribution in [2.45, 2.75) is 39.7 Å². The summed E-state index contributed by atoms with van der Waals surface area (Å²) < 4.78 is 7.57. The van der Waals surface area contributed by atoms with E-state index in [4.69, 9.17) is 16.3 Å². The molecule has 0 amide bonds. The number of halogens is 1. The Morgan fingerprint density at radius 2 is 2.00 bits per heavy atom. The van der Waals surface area contributed by atoms with E-state index in [1.807, 2.05) is 27.7 Å². The predicted octanol–water partition coefficient (Wildman–Crippen LogP) is 4.89. The molecule has 0 atom stereocenters. The predicted molar refractivity (Wildman–Crippen MR) is 106 cm³/mol. The molecular weight excluding hydrogens is 386 g/mol. The average Bonchev–Trinajstić information content (AvgIpc) is 3.24. The van der Waals surface area contributed by atoms with Crippen molar-refractivity contribution in [2.24, 2.45) is 0 Å². The Bertz CT molecular complexity index is 1010. The first-order chi connectivity index (χ1) is 12.8.